The maximum atomic E-state index is 12.6. The predicted molar refractivity (Wildman–Crippen MR) is 159 cm³/mol. The Morgan fingerprint density at radius 1 is 0.897 bits per heavy atom. The molecule has 0 aliphatic rings. The van der Waals surface area contributed by atoms with Crippen LogP contribution >= 0.6 is 11.8 Å². The molecule has 0 bridgehead atoms. The lowest BCUT2D eigenvalue weighted by Gasteiger charge is -2.35. The van der Waals surface area contributed by atoms with Gasteiger partial charge < -0.3 is 20.5 Å². The van der Waals surface area contributed by atoms with Crippen LogP contribution < -0.4 is 15.8 Å². The molecule has 0 heterocycles. The molecule has 3 rings (SSSR count). The highest BCUT2D eigenvalue weighted by Gasteiger charge is 2.37. The van der Waals surface area contributed by atoms with Crippen LogP contribution in [-0.2, 0) is 19.1 Å². The van der Waals surface area contributed by atoms with Gasteiger partial charge in [-0.05, 0) is 62.9 Å². The molecule has 1 amide bonds. The van der Waals surface area contributed by atoms with Crippen LogP contribution in [0, 0.1) is 6.92 Å². The second-order valence-corrected chi connectivity index (χ2v) is 11.8. The van der Waals surface area contributed by atoms with Gasteiger partial charge in [-0.3, -0.25) is 9.59 Å². The van der Waals surface area contributed by atoms with Crippen molar-refractivity contribution in [2.75, 3.05) is 19.4 Å². The van der Waals surface area contributed by atoms with Gasteiger partial charge >= 0.3 is 5.97 Å². The maximum absolute atomic E-state index is 12.6. The molecule has 208 valence electrons. The number of benzene rings is 3. The maximum Gasteiger partial charge on any atom is 0.323 e. The minimum absolute atomic E-state index is 0.139. The molecule has 3 aromatic rings. The number of rotatable bonds is 12. The third-order valence-corrected chi connectivity index (χ3v) is 7.82. The van der Waals surface area contributed by atoms with E-state index in [1.807, 2.05) is 18.2 Å². The number of hydrogen-bond acceptors (Lipinski definition) is 6. The van der Waals surface area contributed by atoms with Gasteiger partial charge in [0.2, 0.25) is 5.91 Å². The molecule has 7 heteroatoms. The standard InChI is InChI=1S/C32H40N2O4S/c1-23-11-13-25(14-12-23)32(24-9-7-6-8-10-24,26-15-17-27(37-5)18-16-26)39-22-21-34-29(35)20-19-28(33)30(36)38-31(2,3)4/h6-18,28H,19-22,33H2,1-5H3,(H,34,35)/t28-,32?/m0/s1. The van der Waals surface area contributed by atoms with Crippen molar-refractivity contribution in [3.05, 3.63) is 101 Å². The number of thioether (sulfide) groups is 1. The Balaban J connectivity index is 1.76. The van der Waals surface area contributed by atoms with Gasteiger partial charge in [0.1, 0.15) is 17.4 Å². The number of nitrogens with two attached hydrogens (primary N) is 1. The van der Waals surface area contributed by atoms with Crippen molar-refractivity contribution in [2.24, 2.45) is 5.73 Å². The molecular weight excluding hydrogens is 508 g/mol. The van der Waals surface area contributed by atoms with Crippen molar-refractivity contribution in [1.82, 2.24) is 5.32 Å². The first-order valence-electron chi connectivity index (χ1n) is 13.2. The zero-order chi connectivity index (χ0) is 28.5. The highest BCUT2D eigenvalue weighted by Crippen LogP contribution is 2.48. The van der Waals surface area contributed by atoms with Crippen molar-refractivity contribution in [1.29, 1.82) is 0 Å². The molecule has 0 aromatic heterocycles. The highest BCUT2D eigenvalue weighted by molar-refractivity contribution is 8.00. The van der Waals surface area contributed by atoms with E-state index in [9.17, 15) is 9.59 Å². The fraction of sp³-hybridized carbons (Fsp3) is 0.375. The third kappa shape index (κ3) is 8.35. The Labute approximate surface area is 236 Å². The normalized spacial score (nSPS) is 13.7. The van der Waals surface area contributed by atoms with Crippen LogP contribution in [0.25, 0.3) is 0 Å². The van der Waals surface area contributed by atoms with Gasteiger partial charge in [0, 0.05) is 18.7 Å². The zero-order valence-corrected chi connectivity index (χ0v) is 24.3. The summed E-state index contributed by atoms with van der Waals surface area (Å²) in [4.78, 5) is 24.7. The highest BCUT2D eigenvalue weighted by atomic mass is 32.2. The molecule has 2 atom stereocenters. The fourth-order valence-corrected chi connectivity index (χ4v) is 5.72. The van der Waals surface area contributed by atoms with E-state index in [1.54, 1.807) is 39.6 Å². The van der Waals surface area contributed by atoms with E-state index >= 15 is 0 Å². The Kier molecular flexibility index (Phi) is 10.6. The van der Waals surface area contributed by atoms with Crippen molar-refractivity contribution < 1.29 is 19.1 Å². The first kappa shape index (κ1) is 30.3. The number of carbonyl (C=O) groups is 2. The summed E-state index contributed by atoms with van der Waals surface area (Å²) >= 11 is 1.77. The van der Waals surface area contributed by atoms with E-state index in [-0.39, 0.29) is 18.7 Å². The number of carbonyl (C=O) groups excluding carboxylic acids is 2. The number of ether oxygens (including phenoxy) is 2. The molecule has 3 aromatic carbocycles. The summed E-state index contributed by atoms with van der Waals surface area (Å²) in [6.45, 7) is 7.93. The van der Waals surface area contributed by atoms with Crippen molar-refractivity contribution >= 4 is 23.6 Å². The average Bonchev–Trinajstić information content (AvgIpc) is 2.92. The molecule has 0 saturated heterocycles. The summed E-state index contributed by atoms with van der Waals surface area (Å²) in [5.74, 6) is 0.834. The second kappa shape index (κ2) is 13.7. The molecule has 1 unspecified atom stereocenters. The Morgan fingerprint density at radius 2 is 1.46 bits per heavy atom. The molecule has 0 aliphatic carbocycles. The molecule has 0 spiro atoms. The molecule has 0 aliphatic heterocycles. The van der Waals surface area contributed by atoms with Gasteiger partial charge in [0.05, 0.1) is 11.9 Å². The van der Waals surface area contributed by atoms with E-state index in [0.29, 0.717) is 12.3 Å². The summed E-state index contributed by atoms with van der Waals surface area (Å²) in [7, 11) is 1.66. The molecule has 3 N–H and O–H groups in total. The fourth-order valence-electron chi connectivity index (χ4n) is 4.30. The lowest BCUT2D eigenvalue weighted by molar-refractivity contribution is -0.156. The molecule has 0 fully saturated rings. The van der Waals surface area contributed by atoms with Gasteiger partial charge in [0.15, 0.2) is 0 Å². The average molecular weight is 549 g/mol. The van der Waals surface area contributed by atoms with E-state index in [2.05, 4.69) is 72.9 Å². The molecule has 39 heavy (non-hydrogen) atoms. The summed E-state index contributed by atoms with van der Waals surface area (Å²) in [6.07, 6.45) is 0.391. The summed E-state index contributed by atoms with van der Waals surface area (Å²) in [6, 6.07) is 26.4. The number of hydrogen-bond donors (Lipinski definition) is 2. The Hall–Kier alpha value is -3.29. The monoisotopic (exact) mass is 548 g/mol. The van der Waals surface area contributed by atoms with Gasteiger partial charge in [-0.2, -0.15) is 0 Å². The molecular formula is C32H40N2O4S. The SMILES string of the molecule is COc1ccc(C(SCCNC(=O)CC[C@H](N)C(=O)OC(C)(C)C)(c2ccccc2)c2ccc(C)cc2)cc1. The van der Waals surface area contributed by atoms with Crippen molar-refractivity contribution in [3.8, 4) is 5.75 Å². The quantitative estimate of drug-likeness (QED) is 0.174. The summed E-state index contributed by atoms with van der Waals surface area (Å²) in [5.41, 5.74) is 9.95. The first-order valence-corrected chi connectivity index (χ1v) is 14.2. The van der Waals surface area contributed by atoms with Gasteiger partial charge in [-0.15, -0.1) is 11.8 Å². The minimum Gasteiger partial charge on any atom is -0.497 e. The van der Waals surface area contributed by atoms with Crippen LogP contribution in [0.1, 0.15) is 55.9 Å². The van der Waals surface area contributed by atoms with Crippen LogP contribution in [0.15, 0.2) is 78.9 Å². The second-order valence-electron chi connectivity index (χ2n) is 10.5. The van der Waals surface area contributed by atoms with Crippen LogP contribution in [0.5, 0.6) is 5.75 Å². The number of esters is 1. The zero-order valence-electron chi connectivity index (χ0n) is 23.5. The lowest BCUT2D eigenvalue weighted by Crippen LogP contribution is -2.38. The lowest BCUT2D eigenvalue weighted by atomic mass is 9.83. The molecule has 6 nitrogen and oxygen atoms in total. The van der Waals surface area contributed by atoms with Crippen LogP contribution in [-0.4, -0.2) is 42.9 Å². The number of amides is 1. The van der Waals surface area contributed by atoms with E-state index < -0.39 is 22.4 Å². The summed E-state index contributed by atoms with van der Waals surface area (Å²) in [5, 5.41) is 2.99. The Morgan fingerprint density at radius 3 is 2.03 bits per heavy atom. The van der Waals surface area contributed by atoms with Gasteiger partial charge in [-0.25, -0.2) is 0 Å². The summed E-state index contributed by atoms with van der Waals surface area (Å²) < 4.78 is 10.2. The predicted octanol–water partition coefficient (Wildman–Crippen LogP) is 5.59. The Bertz CT molecular complexity index is 1210. The van der Waals surface area contributed by atoms with Crippen LogP contribution in [0.2, 0.25) is 0 Å². The first-order chi connectivity index (χ1) is 18.5. The number of nitrogens with one attached hydrogen (secondary N) is 1. The largest absolute Gasteiger partial charge is 0.497 e. The van der Waals surface area contributed by atoms with Crippen LogP contribution in [0.4, 0.5) is 0 Å². The third-order valence-electron chi connectivity index (χ3n) is 6.27. The van der Waals surface area contributed by atoms with E-state index in [0.717, 1.165) is 22.4 Å². The smallest absolute Gasteiger partial charge is 0.323 e. The van der Waals surface area contributed by atoms with E-state index in [4.69, 9.17) is 15.2 Å². The molecule has 0 radical (unpaired) electrons. The minimum atomic E-state index is -0.827. The van der Waals surface area contributed by atoms with Gasteiger partial charge in [-0.1, -0.05) is 72.3 Å². The van der Waals surface area contributed by atoms with E-state index in [1.165, 1.54) is 5.56 Å². The van der Waals surface area contributed by atoms with Gasteiger partial charge in [0.25, 0.3) is 0 Å². The van der Waals surface area contributed by atoms with Crippen LogP contribution in [0.3, 0.4) is 0 Å². The number of aryl methyl sites for hydroxylation is 1. The molecule has 0 saturated carbocycles. The number of methoxy groups -OCH3 is 1. The topological polar surface area (TPSA) is 90.6 Å². The van der Waals surface area contributed by atoms with Crippen molar-refractivity contribution in [3.63, 3.8) is 0 Å². The van der Waals surface area contributed by atoms with Crippen molar-refractivity contribution in [2.45, 2.75) is 56.9 Å².